The molecule has 2 heterocycles. The standard InChI is InChI=1S/C24H28N4O6S2/c1-15-22(35-23(25)26-15)17-5-10-20(33-2)21(12-17)36(31,32)27-18-6-8-19(9-7-18)34-24(30)28-11-3-4-16(13-28)14-29/h5-10,12,16,27,29H,3-4,11,13-14H2,1-2H3,(H2,25,26). The summed E-state index contributed by atoms with van der Waals surface area (Å²) in [4.78, 5) is 19.0. The number of amides is 1. The van der Waals surface area contributed by atoms with Crippen LogP contribution in [0, 0.1) is 12.8 Å². The number of nitrogen functional groups attached to an aromatic ring is 1. The van der Waals surface area contributed by atoms with Gasteiger partial charge in [0, 0.05) is 25.4 Å². The second-order valence-corrected chi connectivity index (χ2v) is 11.1. The average molecular weight is 533 g/mol. The van der Waals surface area contributed by atoms with Crippen molar-refractivity contribution < 1.29 is 27.8 Å². The minimum absolute atomic E-state index is 0.0319. The Hall–Kier alpha value is -3.35. The highest BCUT2D eigenvalue weighted by Gasteiger charge is 2.25. The number of piperidine rings is 1. The number of hydrogen-bond acceptors (Lipinski definition) is 9. The molecule has 4 N–H and O–H groups in total. The summed E-state index contributed by atoms with van der Waals surface area (Å²) in [6.07, 6.45) is 1.18. The molecule has 1 aliphatic rings. The van der Waals surface area contributed by atoms with Crippen LogP contribution in [0.4, 0.5) is 15.6 Å². The Labute approximate surface area is 213 Å². The topological polar surface area (TPSA) is 144 Å². The Morgan fingerprint density at radius 2 is 2.03 bits per heavy atom. The molecular weight excluding hydrogens is 504 g/mol. The number of anilines is 2. The van der Waals surface area contributed by atoms with Crippen LogP contribution in [0.15, 0.2) is 47.4 Å². The molecule has 1 saturated heterocycles. The van der Waals surface area contributed by atoms with E-state index in [1.54, 1.807) is 17.0 Å². The van der Waals surface area contributed by atoms with Crippen molar-refractivity contribution in [2.75, 3.05) is 37.3 Å². The molecule has 0 saturated carbocycles. The third-order valence-electron chi connectivity index (χ3n) is 5.88. The van der Waals surface area contributed by atoms with Gasteiger partial charge >= 0.3 is 6.09 Å². The number of ether oxygens (including phenoxy) is 2. The number of nitrogens with one attached hydrogen (secondary N) is 1. The van der Waals surface area contributed by atoms with E-state index < -0.39 is 16.1 Å². The Morgan fingerprint density at radius 1 is 1.28 bits per heavy atom. The minimum atomic E-state index is -4.02. The van der Waals surface area contributed by atoms with Crippen molar-refractivity contribution >= 4 is 38.3 Å². The Kier molecular flexibility index (Phi) is 7.67. The molecule has 0 radical (unpaired) electrons. The van der Waals surface area contributed by atoms with Crippen LogP contribution in [0.1, 0.15) is 18.5 Å². The van der Waals surface area contributed by atoms with Crippen LogP contribution in [0.5, 0.6) is 11.5 Å². The highest BCUT2D eigenvalue weighted by Crippen LogP contribution is 2.36. The lowest BCUT2D eigenvalue weighted by atomic mass is 10.00. The minimum Gasteiger partial charge on any atom is -0.495 e. The lowest BCUT2D eigenvalue weighted by Crippen LogP contribution is -2.42. The lowest BCUT2D eigenvalue weighted by Gasteiger charge is -2.30. The number of benzene rings is 2. The van der Waals surface area contributed by atoms with Crippen molar-refractivity contribution in [1.29, 1.82) is 0 Å². The molecule has 1 amide bonds. The van der Waals surface area contributed by atoms with E-state index in [2.05, 4.69) is 9.71 Å². The number of nitrogens with two attached hydrogens (primary N) is 1. The number of carbonyl (C=O) groups is 1. The third kappa shape index (κ3) is 5.72. The van der Waals surface area contributed by atoms with Crippen molar-refractivity contribution in [3.8, 4) is 21.9 Å². The number of nitrogens with zero attached hydrogens (tertiary/aromatic N) is 2. The van der Waals surface area contributed by atoms with Crippen LogP contribution in [-0.4, -0.2) is 56.3 Å². The molecule has 1 unspecified atom stereocenters. The highest BCUT2D eigenvalue weighted by atomic mass is 32.2. The second-order valence-electron chi connectivity index (χ2n) is 8.47. The molecule has 36 heavy (non-hydrogen) atoms. The predicted octanol–water partition coefficient (Wildman–Crippen LogP) is 3.71. The van der Waals surface area contributed by atoms with E-state index in [1.807, 2.05) is 6.92 Å². The number of thiazole rings is 1. The summed E-state index contributed by atoms with van der Waals surface area (Å²) in [5.74, 6) is 0.525. The van der Waals surface area contributed by atoms with Gasteiger partial charge in [0.25, 0.3) is 10.0 Å². The number of methoxy groups -OCH3 is 1. The molecule has 1 atom stereocenters. The Balaban J connectivity index is 1.49. The van der Waals surface area contributed by atoms with Gasteiger partial charge < -0.3 is 25.2 Å². The first-order valence-corrected chi connectivity index (χ1v) is 13.6. The number of sulfonamides is 1. The van der Waals surface area contributed by atoms with Crippen LogP contribution >= 0.6 is 11.3 Å². The number of carbonyl (C=O) groups excluding carboxylic acids is 1. The van der Waals surface area contributed by atoms with E-state index in [4.69, 9.17) is 15.2 Å². The summed E-state index contributed by atoms with van der Waals surface area (Å²) < 4.78 is 39.7. The first-order valence-electron chi connectivity index (χ1n) is 11.3. The van der Waals surface area contributed by atoms with Crippen molar-refractivity contribution in [3.63, 3.8) is 0 Å². The van der Waals surface area contributed by atoms with Gasteiger partial charge in [0.15, 0.2) is 5.13 Å². The number of aliphatic hydroxyl groups excluding tert-OH is 1. The molecule has 192 valence electrons. The van der Waals surface area contributed by atoms with E-state index in [0.717, 1.165) is 17.7 Å². The average Bonchev–Trinajstić information content (AvgIpc) is 3.22. The van der Waals surface area contributed by atoms with E-state index in [-0.39, 0.29) is 28.9 Å². The molecule has 3 aromatic rings. The predicted molar refractivity (Wildman–Crippen MR) is 138 cm³/mol. The van der Waals surface area contributed by atoms with Crippen LogP contribution in [0.25, 0.3) is 10.4 Å². The fourth-order valence-electron chi connectivity index (χ4n) is 4.06. The molecule has 12 heteroatoms. The number of hydrogen-bond donors (Lipinski definition) is 3. The van der Waals surface area contributed by atoms with E-state index >= 15 is 0 Å². The molecule has 4 rings (SSSR count). The Morgan fingerprint density at radius 3 is 2.67 bits per heavy atom. The highest BCUT2D eigenvalue weighted by molar-refractivity contribution is 7.92. The van der Waals surface area contributed by atoms with Crippen LogP contribution < -0.4 is 19.9 Å². The summed E-state index contributed by atoms with van der Waals surface area (Å²) in [6, 6.07) is 10.9. The molecule has 1 aromatic heterocycles. The maximum absolute atomic E-state index is 13.2. The fraction of sp³-hybridized carbons (Fsp3) is 0.333. The molecule has 1 aliphatic heterocycles. The summed E-state index contributed by atoms with van der Waals surface area (Å²) >= 11 is 1.28. The SMILES string of the molecule is COc1ccc(-c2sc(N)nc2C)cc1S(=O)(=O)Nc1ccc(OC(=O)N2CCCC(CO)C2)cc1. The van der Waals surface area contributed by atoms with Crippen LogP contribution in [-0.2, 0) is 10.0 Å². The summed E-state index contributed by atoms with van der Waals surface area (Å²) in [5.41, 5.74) is 7.46. The number of likely N-dealkylation sites (tertiary alicyclic amines) is 1. The van der Waals surface area contributed by atoms with Gasteiger partial charge in [0.2, 0.25) is 0 Å². The number of aromatic nitrogens is 1. The zero-order valence-corrected chi connectivity index (χ0v) is 21.6. The Bertz CT molecular complexity index is 1340. The summed E-state index contributed by atoms with van der Waals surface area (Å²) in [6.45, 7) is 2.86. The number of rotatable bonds is 7. The van der Waals surface area contributed by atoms with Gasteiger partial charge in [-0.1, -0.05) is 11.3 Å². The number of aliphatic hydroxyl groups is 1. The van der Waals surface area contributed by atoms with E-state index in [0.29, 0.717) is 35.2 Å². The maximum atomic E-state index is 13.2. The van der Waals surface area contributed by atoms with Gasteiger partial charge in [-0.05, 0) is 73.7 Å². The van der Waals surface area contributed by atoms with Gasteiger partial charge in [-0.25, -0.2) is 18.2 Å². The monoisotopic (exact) mass is 532 g/mol. The first-order chi connectivity index (χ1) is 17.2. The summed E-state index contributed by atoms with van der Waals surface area (Å²) in [5, 5.41) is 9.75. The smallest absolute Gasteiger partial charge is 0.415 e. The molecular formula is C24H28N4O6S2. The third-order valence-corrected chi connectivity index (χ3v) is 8.31. The van der Waals surface area contributed by atoms with Crippen molar-refractivity contribution in [2.24, 2.45) is 5.92 Å². The maximum Gasteiger partial charge on any atom is 0.415 e. The van der Waals surface area contributed by atoms with Crippen LogP contribution in [0.3, 0.4) is 0 Å². The van der Waals surface area contributed by atoms with Crippen molar-refractivity contribution in [3.05, 3.63) is 48.2 Å². The van der Waals surface area contributed by atoms with Gasteiger partial charge in [0.1, 0.15) is 16.4 Å². The summed E-state index contributed by atoms with van der Waals surface area (Å²) in [7, 11) is -2.62. The molecule has 1 fully saturated rings. The van der Waals surface area contributed by atoms with Crippen LogP contribution in [0.2, 0.25) is 0 Å². The second kappa shape index (κ2) is 10.7. The van der Waals surface area contributed by atoms with Gasteiger partial charge in [-0.15, -0.1) is 0 Å². The zero-order chi connectivity index (χ0) is 25.9. The molecule has 0 spiro atoms. The van der Waals surface area contributed by atoms with Gasteiger partial charge in [-0.3, -0.25) is 4.72 Å². The van der Waals surface area contributed by atoms with E-state index in [9.17, 15) is 18.3 Å². The van der Waals surface area contributed by atoms with Crippen molar-refractivity contribution in [2.45, 2.75) is 24.7 Å². The molecule has 10 nitrogen and oxygen atoms in total. The molecule has 0 aliphatic carbocycles. The number of aryl methyl sites for hydroxylation is 1. The largest absolute Gasteiger partial charge is 0.495 e. The van der Waals surface area contributed by atoms with Crippen molar-refractivity contribution in [1.82, 2.24) is 9.88 Å². The molecule has 2 aromatic carbocycles. The van der Waals surface area contributed by atoms with Gasteiger partial charge in [0.05, 0.1) is 17.7 Å². The quantitative estimate of drug-likeness (QED) is 0.418. The lowest BCUT2D eigenvalue weighted by molar-refractivity contribution is 0.105. The molecule has 0 bridgehead atoms. The first kappa shape index (κ1) is 25.7. The van der Waals surface area contributed by atoms with E-state index in [1.165, 1.54) is 48.8 Å². The van der Waals surface area contributed by atoms with Gasteiger partial charge in [-0.2, -0.15) is 0 Å². The normalized spacial score (nSPS) is 16.0. The zero-order valence-electron chi connectivity index (χ0n) is 19.9. The fourth-order valence-corrected chi connectivity index (χ4v) is 6.14.